The highest BCUT2D eigenvalue weighted by Gasteiger charge is 2.11. The molecule has 0 aliphatic rings. The summed E-state index contributed by atoms with van der Waals surface area (Å²) in [4.78, 5) is 22.7. The molecule has 0 spiro atoms. The molecule has 16 heavy (non-hydrogen) atoms. The van der Waals surface area contributed by atoms with Crippen molar-refractivity contribution in [2.45, 2.75) is 6.54 Å². The van der Waals surface area contributed by atoms with Crippen LogP contribution in [0.2, 0.25) is 0 Å². The molecule has 0 saturated carbocycles. The minimum Gasteiger partial charge on any atom is -0.408 e. The number of halogens is 1. The van der Waals surface area contributed by atoms with E-state index in [1.54, 1.807) is 18.2 Å². The monoisotopic (exact) mass is 284 g/mol. The van der Waals surface area contributed by atoms with E-state index >= 15 is 0 Å². The van der Waals surface area contributed by atoms with Crippen LogP contribution in [0.15, 0.2) is 31.9 Å². The molecule has 1 aromatic heterocycles. The molecule has 84 valence electrons. The van der Waals surface area contributed by atoms with Crippen LogP contribution in [0.5, 0.6) is 0 Å². The van der Waals surface area contributed by atoms with Crippen LogP contribution in [-0.4, -0.2) is 17.5 Å². The molecule has 0 aliphatic heterocycles. The fraction of sp³-hybridized carbons (Fsp3) is 0.200. The van der Waals surface area contributed by atoms with E-state index in [2.05, 4.69) is 21.2 Å². The molecule has 2 aromatic rings. The van der Waals surface area contributed by atoms with Gasteiger partial charge in [0.05, 0.1) is 5.52 Å². The lowest BCUT2D eigenvalue weighted by molar-refractivity contribution is -0.121. The van der Waals surface area contributed by atoms with E-state index in [0.717, 1.165) is 4.47 Å². The number of benzene rings is 1. The van der Waals surface area contributed by atoms with Gasteiger partial charge in [-0.1, -0.05) is 15.9 Å². The Hall–Kier alpha value is -1.56. The predicted molar refractivity (Wildman–Crippen MR) is 62.2 cm³/mol. The number of rotatable bonds is 2. The van der Waals surface area contributed by atoms with Gasteiger partial charge in [-0.05, 0) is 18.2 Å². The number of carbonyl (C=O) groups is 1. The smallest absolute Gasteiger partial charge is 0.408 e. The summed E-state index contributed by atoms with van der Waals surface area (Å²) >= 11 is 3.28. The Morgan fingerprint density at radius 2 is 2.31 bits per heavy atom. The van der Waals surface area contributed by atoms with Crippen LogP contribution in [0, 0.1) is 0 Å². The lowest BCUT2D eigenvalue weighted by Crippen LogP contribution is -2.27. The first-order chi connectivity index (χ1) is 7.61. The quantitative estimate of drug-likeness (QED) is 0.898. The molecule has 1 aromatic carbocycles. The first kappa shape index (κ1) is 10.9. The van der Waals surface area contributed by atoms with Gasteiger partial charge in [-0.3, -0.25) is 9.36 Å². The van der Waals surface area contributed by atoms with Crippen molar-refractivity contribution in [3.63, 3.8) is 0 Å². The Morgan fingerprint density at radius 3 is 3.00 bits per heavy atom. The van der Waals surface area contributed by atoms with Gasteiger partial charge in [-0.25, -0.2) is 4.79 Å². The predicted octanol–water partition coefficient (Wildman–Crippen LogP) is 1.10. The van der Waals surface area contributed by atoms with Crippen LogP contribution < -0.4 is 11.1 Å². The molecule has 0 fully saturated rings. The first-order valence-corrected chi connectivity index (χ1v) is 5.40. The summed E-state index contributed by atoms with van der Waals surface area (Å²) < 4.78 is 7.14. The van der Waals surface area contributed by atoms with Crippen LogP contribution in [0.3, 0.4) is 0 Å². The minimum atomic E-state index is -0.531. The van der Waals surface area contributed by atoms with Crippen LogP contribution in [-0.2, 0) is 11.3 Å². The Morgan fingerprint density at radius 1 is 1.56 bits per heavy atom. The summed E-state index contributed by atoms with van der Waals surface area (Å²) in [6.07, 6.45) is 0. The zero-order valence-corrected chi connectivity index (χ0v) is 10.1. The zero-order chi connectivity index (χ0) is 11.7. The summed E-state index contributed by atoms with van der Waals surface area (Å²) in [5.41, 5.74) is 1.07. The molecule has 0 atom stereocenters. The Labute approximate surface area is 99.2 Å². The molecule has 0 bridgehead atoms. The van der Waals surface area contributed by atoms with Crippen molar-refractivity contribution in [3.8, 4) is 0 Å². The first-order valence-electron chi connectivity index (χ1n) is 4.61. The summed E-state index contributed by atoms with van der Waals surface area (Å²) in [5.74, 6) is -0.774. The van der Waals surface area contributed by atoms with Crippen molar-refractivity contribution in [3.05, 3.63) is 33.2 Å². The van der Waals surface area contributed by atoms with Gasteiger partial charge < -0.3 is 9.73 Å². The largest absolute Gasteiger partial charge is 0.420 e. The van der Waals surface area contributed by atoms with E-state index in [0.29, 0.717) is 11.1 Å². The number of hydrogen-bond acceptors (Lipinski definition) is 3. The van der Waals surface area contributed by atoms with Crippen molar-refractivity contribution in [1.82, 2.24) is 9.88 Å². The maximum atomic E-state index is 11.5. The molecule has 1 heterocycles. The van der Waals surface area contributed by atoms with Crippen molar-refractivity contribution in [2.24, 2.45) is 0 Å². The maximum absolute atomic E-state index is 11.5. The van der Waals surface area contributed by atoms with Crippen molar-refractivity contribution in [2.75, 3.05) is 7.05 Å². The molecule has 0 saturated heterocycles. The third-order valence-corrected chi connectivity index (χ3v) is 2.70. The minimum absolute atomic E-state index is 0.0377. The summed E-state index contributed by atoms with van der Waals surface area (Å²) in [6, 6.07) is 5.21. The number of oxazole rings is 1. The van der Waals surface area contributed by atoms with Gasteiger partial charge in [-0.15, -0.1) is 0 Å². The maximum Gasteiger partial charge on any atom is 0.420 e. The van der Waals surface area contributed by atoms with E-state index in [9.17, 15) is 9.59 Å². The highest BCUT2D eigenvalue weighted by molar-refractivity contribution is 9.10. The van der Waals surface area contributed by atoms with Crippen LogP contribution in [0.1, 0.15) is 0 Å². The lowest BCUT2D eigenvalue weighted by Gasteiger charge is -2.00. The van der Waals surface area contributed by atoms with Crippen molar-refractivity contribution >= 4 is 32.9 Å². The van der Waals surface area contributed by atoms with E-state index in [-0.39, 0.29) is 12.5 Å². The number of nitrogens with zero attached hydrogens (tertiary/aromatic N) is 1. The Kier molecular flexibility index (Phi) is 2.82. The molecular weight excluding hydrogens is 276 g/mol. The topological polar surface area (TPSA) is 64.2 Å². The van der Waals surface area contributed by atoms with Gasteiger partial charge in [0.2, 0.25) is 5.91 Å². The SMILES string of the molecule is CNC(=O)Cn1c(=O)oc2cc(Br)ccc21. The summed E-state index contributed by atoms with van der Waals surface area (Å²) in [7, 11) is 1.52. The van der Waals surface area contributed by atoms with Gasteiger partial charge >= 0.3 is 5.76 Å². The van der Waals surface area contributed by atoms with E-state index < -0.39 is 5.76 Å². The normalized spacial score (nSPS) is 10.6. The second kappa shape index (κ2) is 4.13. The fourth-order valence-electron chi connectivity index (χ4n) is 1.41. The molecule has 0 radical (unpaired) electrons. The number of carbonyl (C=O) groups excluding carboxylic acids is 1. The molecular formula is C10H9BrN2O3. The van der Waals surface area contributed by atoms with Gasteiger partial charge in [0.15, 0.2) is 5.58 Å². The highest BCUT2D eigenvalue weighted by Crippen LogP contribution is 2.18. The molecule has 1 amide bonds. The second-order valence-corrected chi connectivity index (χ2v) is 4.16. The number of nitrogens with one attached hydrogen (secondary N) is 1. The van der Waals surface area contributed by atoms with Gasteiger partial charge in [-0.2, -0.15) is 0 Å². The average Bonchev–Trinajstić information content (AvgIpc) is 2.54. The van der Waals surface area contributed by atoms with Gasteiger partial charge in [0.25, 0.3) is 0 Å². The van der Waals surface area contributed by atoms with Crippen LogP contribution >= 0.6 is 15.9 Å². The number of fused-ring (bicyclic) bond motifs is 1. The summed E-state index contributed by atoms with van der Waals surface area (Å²) in [5, 5.41) is 2.46. The average molecular weight is 285 g/mol. The fourth-order valence-corrected chi connectivity index (χ4v) is 1.75. The van der Waals surface area contributed by atoms with Crippen molar-refractivity contribution in [1.29, 1.82) is 0 Å². The van der Waals surface area contributed by atoms with E-state index in [1.807, 2.05) is 0 Å². The number of hydrogen-bond donors (Lipinski definition) is 1. The third kappa shape index (κ3) is 1.88. The molecule has 2 rings (SSSR count). The van der Waals surface area contributed by atoms with E-state index in [1.165, 1.54) is 11.6 Å². The second-order valence-electron chi connectivity index (χ2n) is 3.24. The molecule has 0 unspecified atom stereocenters. The number of amides is 1. The Bertz CT molecular complexity index is 600. The molecule has 0 aliphatic carbocycles. The van der Waals surface area contributed by atoms with E-state index in [4.69, 9.17) is 4.42 Å². The van der Waals surface area contributed by atoms with Gasteiger partial charge in [0, 0.05) is 11.5 Å². The van der Waals surface area contributed by atoms with Crippen molar-refractivity contribution < 1.29 is 9.21 Å². The standard InChI is InChI=1S/C10H9BrN2O3/c1-12-9(14)5-13-7-3-2-6(11)4-8(7)16-10(13)15/h2-4H,5H2,1H3,(H,12,14). The van der Waals surface area contributed by atoms with Crippen LogP contribution in [0.4, 0.5) is 0 Å². The van der Waals surface area contributed by atoms with Gasteiger partial charge in [0.1, 0.15) is 6.54 Å². The molecule has 6 heteroatoms. The third-order valence-electron chi connectivity index (χ3n) is 2.21. The lowest BCUT2D eigenvalue weighted by atomic mass is 10.3. The van der Waals surface area contributed by atoms with Crippen LogP contribution in [0.25, 0.3) is 11.1 Å². The zero-order valence-electron chi connectivity index (χ0n) is 8.49. The molecule has 5 nitrogen and oxygen atoms in total. The highest BCUT2D eigenvalue weighted by atomic mass is 79.9. The Balaban J connectivity index is 2.56. The molecule has 1 N–H and O–H groups in total. The number of aromatic nitrogens is 1. The number of likely N-dealkylation sites (N-methyl/N-ethyl adjacent to an activating group) is 1. The summed E-state index contributed by atoms with van der Waals surface area (Å²) in [6.45, 7) is -0.0377.